The highest BCUT2D eigenvalue weighted by molar-refractivity contribution is 5.94. The first-order valence-corrected chi connectivity index (χ1v) is 9.01. The van der Waals surface area contributed by atoms with Gasteiger partial charge in [0.1, 0.15) is 11.5 Å². The maximum atomic E-state index is 12.8. The number of nitrogens with one attached hydrogen (secondary N) is 1. The summed E-state index contributed by atoms with van der Waals surface area (Å²) in [5.41, 5.74) is 0.878. The number of hydrogen-bond donors (Lipinski definition) is 1. The summed E-state index contributed by atoms with van der Waals surface area (Å²) in [6.45, 7) is 6.43. The molecule has 2 rings (SSSR count). The first kappa shape index (κ1) is 20.5. The van der Waals surface area contributed by atoms with E-state index in [0.717, 1.165) is 17.7 Å². The number of benzene rings is 1. The smallest absolute Gasteiger partial charge is 0.245 e. The minimum atomic E-state index is -0.296. The fraction of sp³-hybridized carbons (Fsp3) is 0.450. The number of nitrogens with zero attached hydrogens (tertiary/aromatic N) is 2. The molecule has 0 radical (unpaired) electrons. The molecular formula is C20H27N3O4. The van der Waals surface area contributed by atoms with Crippen molar-refractivity contribution in [2.24, 2.45) is 5.92 Å². The fourth-order valence-corrected chi connectivity index (χ4v) is 2.52. The molecule has 0 saturated carbocycles. The number of hydrogen-bond acceptors (Lipinski definition) is 5. The van der Waals surface area contributed by atoms with Crippen LogP contribution in [0, 0.1) is 12.8 Å². The third-order valence-corrected chi connectivity index (χ3v) is 4.07. The second-order valence-corrected chi connectivity index (χ2v) is 6.89. The van der Waals surface area contributed by atoms with Crippen LogP contribution in [0.15, 0.2) is 34.9 Å². The quantitative estimate of drug-likeness (QED) is 0.730. The molecule has 0 atom stereocenters. The lowest BCUT2D eigenvalue weighted by molar-refractivity contribution is -0.134. The Labute approximate surface area is 159 Å². The van der Waals surface area contributed by atoms with Crippen molar-refractivity contribution in [3.63, 3.8) is 0 Å². The molecule has 2 aromatic rings. The largest absolute Gasteiger partial charge is 0.497 e. The predicted molar refractivity (Wildman–Crippen MR) is 103 cm³/mol. The van der Waals surface area contributed by atoms with Crippen molar-refractivity contribution in [3.05, 3.63) is 41.7 Å². The molecule has 1 N–H and O–H groups in total. The van der Waals surface area contributed by atoms with Gasteiger partial charge >= 0.3 is 0 Å². The molecule has 7 nitrogen and oxygen atoms in total. The molecule has 27 heavy (non-hydrogen) atoms. The minimum absolute atomic E-state index is 0.0202. The zero-order valence-corrected chi connectivity index (χ0v) is 16.3. The van der Waals surface area contributed by atoms with E-state index in [9.17, 15) is 9.59 Å². The molecule has 0 aliphatic carbocycles. The van der Waals surface area contributed by atoms with Crippen LogP contribution < -0.4 is 10.1 Å². The van der Waals surface area contributed by atoms with Crippen molar-refractivity contribution in [3.8, 4) is 5.75 Å². The molecule has 0 aliphatic rings. The van der Waals surface area contributed by atoms with E-state index in [-0.39, 0.29) is 24.8 Å². The van der Waals surface area contributed by atoms with E-state index in [0.29, 0.717) is 24.0 Å². The van der Waals surface area contributed by atoms with Crippen molar-refractivity contribution in [2.45, 2.75) is 33.6 Å². The lowest BCUT2D eigenvalue weighted by atomic mass is 10.1. The Morgan fingerprint density at radius 2 is 1.96 bits per heavy atom. The Morgan fingerprint density at radius 1 is 1.26 bits per heavy atom. The lowest BCUT2D eigenvalue weighted by Gasteiger charge is -2.23. The molecule has 146 valence electrons. The number of rotatable bonds is 9. The Bertz CT molecular complexity index is 753. The summed E-state index contributed by atoms with van der Waals surface area (Å²) in [5, 5.41) is 6.40. The average molecular weight is 373 g/mol. The zero-order valence-electron chi connectivity index (χ0n) is 16.3. The van der Waals surface area contributed by atoms with Crippen LogP contribution in [-0.2, 0) is 16.0 Å². The number of anilines is 1. The molecular weight excluding hydrogens is 346 g/mol. The number of carbonyl (C=O) groups excluding carboxylic acids is 2. The lowest BCUT2D eigenvalue weighted by Crippen LogP contribution is -2.40. The summed E-state index contributed by atoms with van der Waals surface area (Å²) in [6, 6.07) is 8.99. The van der Waals surface area contributed by atoms with Crippen molar-refractivity contribution < 1.29 is 18.8 Å². The van der Waals surface area contributed by atoms with Crippen molar-refractivity contribution in [2.75, 3.05) is 25.5 Å². The van der Waals surface area contributed by atoms with Crippen LogP contribution in [0.2, 0.25) is 0 Å². The van der Waals surface area contributed by atoms with Gasteiger partial charge in [-0.3, -0.25) is 9.59 Å². The summed E-state index contributed by atoms with van der Waals surface area (Å²) in [4.78, 5) is 26.7. The number of aromatic nitrogens is 1. The Hall–Kier alpha value is -2.83. The highest BCUT2D eigenvalue weighted by Gasteiger charge is 2.19. The summed E-state index contributed by atoms with van der Waals surface area (Å²) >= 11 is 0. The molecule has 1 heterocycles. The van der Waals surface area contributed by atoms with Gasteiger partial charge in [-0.25, -0.2) is 0 Å². The number of carbonyl (C=O) groups is 2. The van der Waals surface area contributed by atoms with Crippen molar-refractivity contribution in [1.29, 1.82) is 0 Å². The number of ether oxygens (including phenoxy) is 1. The van der Waals surface area contributed by atoms with E-state index in [2.05, 4.69) is 24.3 Å². The summed E-state index contributed by atoms with van der Waals surface area (Å²) in [5.74, 6) is 1.75. The Morgan fingerprint density at radius 3 is 2.52 bits per heavy atom. The van der Waals surface area contributed by atoms with Gasteiger partial charge in [-0.15, -0.1) is 0 Å². The van der Waals surface area contributed by atoms with Gasteiger partial charge in [-0.1, -0.05) is 31.1 Å². The summed E-state index contributed by atoms with van der Waals surface area (Å²) < 4.78 is 10.1. The second-order valence-electron chi connectivity index (χ2n) is 6.89. The normalized spacial score (nSPS) is 10.7. The minimum Gasteiger partial charge on any atom is -0.497 e. The van der Waals surface area contributed by atoms with Crippen molar-refractivity contribution in [1.82, 2.24) is 10.1 Å². The SMILES string of the molecule is COc1ccc(CC(=O)N(CCC(C)C)CC(=O)Nc2cc(C)on2)cc1. The van der Waals surface area contributed by atoms with E-state index in [1.807, 2.05) is 24.3 Å². The van der Waals surface area contributed by atoms with Crippen LogP contribution in [0.4, 0.5) is 5.82 Å². The fourth-order valence-electron chi connectivity index (χ4n) is 2.52. The van der Waals surface area contributed by atoms with Gasteiger partial charge in [0.05, 0.1) is 20.1 Å². The summed E-state index contributed by atoms with van der Waals surface area (Å²) in [7, 11) is 1.60. The maximum absolute atomic E-state index is 12.8. The molecule has 7 heteroatoms. The first-order valence-electron chi connectivity index (χ1n) is 9.01. The van der Waals surface area contributed by atoms with E-state index in [1.54, 1.807) is 25.0 Å². The van der Waals surface area contributed by atoms with E-state index in [1.165, 1.54) is 0 Å². The molecule has 0 aliphatic heterocycles. The molecule has 0 unspecified atom stereocenters. The highest BCUT2D eigenvalue weighted by atomic mass is 16.5. The van der Waals surface area contributed by atoms with Gasteiger partial charge < -0.3 is 19.5 Å². The van der Waals surface area contributed by atoms with Crippen LogP contribution in [0.5, 0.6) is 5.75 Å². The van der Waals surface area contributed by atoms with E-state index >= 15 is 0 Å². The van der Waals surface area contributed by atoms with Crippen LogP contribution >= 0.6 is 0 Å². The molecule has 0 fully saturated rings. The zero-order chi connectivity index (χ0) is 19.8. The molecule has 2 amide bonds. The molecule has 0 bridgehead atoms. The number of amides is 2. The average Bonchev–Trinajstić information content (AvgIpc) is 3.03. The Balaban J connectivity index is 2.00. The molecule has 1 aromatic carbocycles. The molecule has 0 saturated heterocycles. The van der Waals surface area contributed by atoms with Gasteiger partial charge in [-0.2, -0.15) is 0 Å². The standard InChI is InChI=1S/C20H27N3O4/c1-14(2)9-10-23(13-19(24)21-18-11-15(3)27-22-18)20(25)12-16-5-7-17(26-4)8-6-16/h5-8,11,14H,9-10,12-13H2,1-4H3,(H,21,22,24). The maximum Gasteiger partial charge on any atom is 0.245 e. The van der Waals surface area contributed by atoms with Crippen LogP contribution in [0.25, 0.3) is 0 Å². The third-order valence-electron chi connectivity index (χ3n) is 4.07. The monoisotopic (exact) mass is 373 g/mol. The van der Waals surface area contributed by atoms with Gasteiger partial charge in [0.15, 0.2) is 5.82 Å². The van der Waals surface area contributed by atoms with Gasteiger partial charge in [-0.05, 0) is 37.0 Å². The van der Waals surface area contributed by atoms with Crippen LogP contribution in [-0.4, -0.2) is 42.1 Å². The molecule has 1 aromatic heterocycles. The van der Waals surface area contributed by atoms with E-state index in [4.69, 9.17) is 9.26 Å². The predicted octanol–water partition coefficient (Wildman–Crippen LogP) is 3.05. The van der Waals surface area contributed by atoms with Crippen molar-refractivity contribution >= 4 is 17.6 Å². The highest BCUT2D eigenvalue weighted by Crippen LogP contribution is 2.13. The topological polar surface area (TPSA) is 84.7 Å². The molecule has 0 spiro atoms. The summed E-state index contributed by atoms with van der Waals surface area (Å²) in [6.07, 6.45) is 1.06. The number of methoxy groups -OCH3 is 1. The third kappa shape index (κ3) is 6.77. The first-order chi connectivity index (χ1) is 12.9. The van der Waals surface area contributed by atoms with Gasteiger partial charge in [0.25, 0.3) is 0 Å². The van der Waals surface area contributed by atoms with Gasteiger partial charge in [0.2, 0.25) is 11.8 Å². The second kappa shape index (κ2) is 9.75. The van der Waals surface area contributed by atoms with Gasteiger partial charge in [0, 0.05) is 12.6 Å². The van der Waals surface area contributed by atoms with Crippen LogP contribution in [0.3, 0.4) is 0 Å². The van der Waals surface area contributed by atoms with Crippen LogP contribution in [0.1, 0.15) is 31.6 Å². The Kier molecular flexibility index (Phi) is 7.40. The van der Waals surface area contributed by atoms with E-state index < -0.39 is 0 Å². The number of aryl methyl sites for hydroxylation is 1.